The highest BCUT2D eigenvalue weighted by Gasteiger charge is 2.56. The van der Waals surface area contributed by atoms with E-state index in [1.54, 1.807) is 11.0 Å². The van der Waals surface area contributed by atoms with Gasteiger partial charge in [0, 0.05) is 10.4 Å². The third kappa shape index (κ3) is 3.01. The lowest BCUT2D eigenvalue weighted by molar-refractivity contribution is -0.116. The van der Waals surface area contributed by atoms with Gasteiger partial charge in [-0.2, -0.15) is 5.10 Å². The molecule has 0 saturated heterocycles. The molecule has 0 spiro atoms. The van der Waals surface area contributed by atoms with Crippen molar-refractivity contribution >= 4 is 11.6 Å². The normalized spacial score (nSPS) is 30.7. The van der Waals surface area contributed by atoms with Crippen LogP contribution in [0.25, 0.3) is 0 Å². The van der Waals surface area contributed by atoms with Crippen LogP contribution in [-0.2, 0) is 13.0 Å². The van der Waals surface area contributed by atoms with E-state index in [0.717, 1.165) is 24.8 Å². The molecule has 0 radical (unpaired) electrons. The van der Waals surface area contributed by atoms with Crippen LogP contribution in [0.1, 0.15) is 25.3 Å². The monoisotopic (exact) mass is 335 g/mol. The van der Waals surface area contributed by atoms with Crippen molar-refractivity contribution in [2.75, 3.05) is 6.61 Å². The Balaban J connectivity index is 1.87. The number of hydrogen-bond acceptors (Lipinski definition) is 4. The predicted octanol–water partition coefficient (Wildman–Crippen LogP) is 2.31. The minimum absolute atomic E-state index is 0.0463. The molecule has 0 aliphatic heterocycles. The Labute approximate surface area is 140 Å². The van der Waals surface area contributed by atoms with Crippen LogP contribution < -0.4 is 0 Å². The van der Waals surface area contributed by atoms with E-state index >= 15 is 0 Å². The van der Waals surface area contributed by atoms with Crippen molar-refractivity contribution in [3.05, 3.63) is 47.5 Å². The first kappa shape index (κ1) is 16.4. The standard InChI is InChI=1S/C17H22ClN3O2/c1-16(10-22)7-6-14(8-13-2-4-15(18)5-3-13)17(16,23)9-21-12-19-11-20-21/h2-5,11-12,14,22-23H,6-10H2,1H3/t14-,16+,17+/m1/s1. The molecular formula is C17H22ClN3O2. The SMILES string of the molecule is C[C@@]1(CO)CC[C@H](Cc2ccc(Cl)cc2)[C@@]1(O)Cn1cncn1. The van der Waals surface area contributed by atoms with Gasteiger partial charge in [-0.25, -0.2) is 4.98 Å². The zero-order valence-electron chi connectivity index (χ0n) is 13.2. The molecule has 3 atom stereocenters. The fraction of sp³-hybridized carbons (Fsp3) is 0.529. The van der Waals surface area contributed by atoms with E-state index < -0.39 is 11.0 Å². The van der Waals surface area contributed by atoms with Crippen molar-refractivity contribution in [1.82, 2.24) is 14.8 Å². The molecule has 6 heteroatoms. The number of nitrogens with zero attached hydrogens (tertiary/aromatic N) is 3. The van der Waals surface area contributed by atoms with Crippen molar-refractivity contribution in [2.24, 2.45) is 11.3 Å². The van der Waals surface area contributed by atoms with E-state index in [1.807, 2.05) is 31.2 Å². The smallest absolute Gasteiger partial charge is 0.137 e. The fourth-order valence-electron chi connectivity index (χ4n) is 3.71. The van der Waals surface area contributed by atoms with Crippen LogP contribution >= 0.6 is 11.6 Å². The first-order chi connectivity index (χ1) is 11.0. The highest BCUT2D eigenvalue weighted by atomic mass is 35.5. The van der Waals surface area contributed by atoms with Crippen molar-refractivity contribution in [3.8, 4) is 0 Å². The third-order valence-electron chi connectivity index (χ3n) is 5.38. The van der Waals surface area contributed by atoms with Crippen LogP contribution in [0.5, 0.6) is 0 Å². The molecule has 1 fully saturated rings. The number of rotatable bonds is 5. The molecule has 1 aromatic heterocycles. The summed E-state index contributed by atoms with van der Waals surface area (Å²) in [6.45, 7) is 2.24. The minimum atomic E-state index is -1.03. The molecule has 5 nitrogen and oxygen atoms in total. The lowest BCUT2D eigenvalue weighted by Crippen LogP contribution is -2.52. The van der Waals surface area contributed by atoms with E-state index in [2.05, 4.69) is 10.1 Å². The predicted molar refractivity (Wildman–Crippen MR) is 88.0 cm³/mol. The van der Waals surface area contributed by atoms with Crippen LogP contribution in [0.15, 0.2) is 36.9 Å². The van der Waals surface area contributed by atoms with Crippen LogP contribution in [0.4, 0.5) is 0 Å². The molecule has 2 N–H and O–H groups in total. The molecule has 1 heterocycles. The Bertz CT molecular complexity index is 646. The Morgan fingerprint density at radius 2 is 2.09 bits per heavy atom. The number of aliphatic hydroxyl groups is 2. The van der Waals surface area contributed by atoms with Gasteiger partial charge in [0.15, 0.2) is 0 Å². The minimum Gasteiger partial charge on any atom is -0.396 e. The van der Waals surface area contributed by atoms with Crippen LogP contribution in [0.2, 0.25) is 5.02 Å². The summed E-state index contributed by atoms with van der Waals surface area (Å²) in [6, 6.07) is 7.72. The summed E-state index contributed by atoms with van der Waals surface area (Å²) in [5, 5.41) is 26.2. The lowest BCUT2D eigenvalue weighted by atomic mass is 9.71. The van der Waals surface area contributed by atoms with Gasteiger partial charge >= 0.3 is 0 Å². The van der Waals surface area contributed by atoms with Crippen molar-refractivity contribution < 1.29 is 10.2 Å². The summed E-state index contributed by atoms with van der Waals surface area (Å²) in [6.07, 6.45) is 5.46. The molecule has 3 rings (SSSR count). The highest BCUT2D eigenvalue weighted by Crippen LogP contribution is 2.51. The topological polar surface area (TPSA) is 71.2 Å². The van der Waals surface area contributed by atoms with E-state index in [4.69, 9.17) is 11.6 Å². The molecule has 1 aromatic carbocycles. The second-order valence-corrected chi connectivity index (χ2v) is 7.24. The number of benzene rings is 1. The first-order valence-electron chi connectivity index (χ1n) is 7.87. The van der Waals surface area contributed by atoms with Gasteiger partial charge < -0.3 is 10.2 Å². The molecular weight excluding hydrogens is 314 g/mol. The van der Waals surface area contributed by atoms with E-state index in [0.29, 0.717) is 11.6 Å². The Kier molecular flexibility index (Phi) is 4.45. The first-order valence-corrected chi connectivity index (χ1v) is 8.25. The zero-order chi connectivity index (χ0) is 16.5. The molecule has 0 unspecified atom stereocenters. The lowest BCUT2D eigenvalue weighted by Gasteiger charge is -2.42. The Hall–Kier alpha value is -1.43. The average molecular weight is 336 g/mol. The quantitative estimate of drug-likeness (QED) is 0.879. The van der Waals surface area contributed by atoms with Crippen LogP contribution in [0, 0.1) is 11.3 Å². The molecule has 1 saturated carbocycles. The van der Waals surface area contributed by atoms with E-state index in [-0.39, 0.29) is 12.5 Å². The summed E-state index contributed by atoms with van der Waals surface area (Å²) in [7, 11) is 0. The van der Waals surface area contributed by atoms with Gasteiger partial charge in [-0.05, 0) is 42.9 Å². The van der Waals surface area contributed by atoms with Gasteiger partial charge in [0.1, 0.15) is 12.7 Å². The van der Waals surface area contributed by atoms with Crippen molar-refractivity contribution in [3.63, 3.8) is 0 Å². The summed E-state index contributed by atoms with van der Waals surface area (Å²) in [5.41, 5.74) is -0.441. The summed E-state index contributed by atoms with van der Waals surface area (Å²) in [4.78, 5) is 3.95. The second-order valence-electron chi connectivity index (χ2n) is 6.80. The third-order valence-corrected chi connectivity index (χ3v) is 5.63. The Morgan fingerprint density at radius 3 is 2.70 bits per heavy atom. The number of halogens is 1. The largest absolute Gasteiger partial charge is 0.396 e. The maximum absolute atomic E-state index is 11.5. The van der Waals surface area contributed by atoms with Gasteiger partial charge in [0.05, 0.1) is 18.8 Å². The summed E-state index contributed by atoms with van der Waals surface area (Å²) in [5.74, 6) is 0.0463. The molecule has 0 bridgehead atoms. The second kappa shape index (κ2) is 6.23. The van der Waals surface area contributed by atoms with Crippen LogP contribution in [0.3, 0.4) is 0 Å². The van der Waals surface area contributed by atoms with Crippen LogP contribution in [-0.4, -0.2) is 37.2 Å². The molecule has 23 heavy (non-hydrogen) atoms. The molecule has 1 aliphatic rings. The number of aliphatic hydroxyl groups excluding tert-OH is 1. The average Bonchev–Trinajstić information content (AvgIpc) is 3.12. The maximum Gasteiger partial charge on any atom is 0.137 e. The van der Waals surface area contributed by atoms with E-state index in [9.17, 15) is 10.2 Å². The number of hydrogen-bond donors (Lipinski definition) is 2. The van der Waals surface area contributed by atoms with Crippen molar-refractivity contribution in [1.29, 1.82) is 0 Å². The zero-order valence-corrected chi connectivity index (χ0v) is 13.9. The summed E-state index contributed by atoms with van der Waals surface area (Å²) >= 11 is 5.95. The molecule has 2 aromatic rings. The van der Waals surface area contributed by atoms with Gasteiger partial charge in [-0.3, -0.25) is 4.68 Å². The van der Waals surface area contributed by atoms with Crippen molar-refractivity contribution in [2.45, 2.75) is 38.3 Å². The Morgan fingerprint density at radius 1 is 1.35 bits per heavy atom. The van der Waals surface area contributed by atoms with Gasteiger partial charge in [-0.1, -0.05) is 30.7 Å². The maximum atomic E-state index is 11.5. The van der Waals surface area contributed by atoms with Gasteiger partial charge in [0.25, 0.3) is 0 Å². The van der Waals surface area contributed by atoms with E-state index in [1.165, 1.54) is 6.33 Å². The fourth-order valence-corrected chi connectivity index (χ4v) is 3.84. The number of aromatic nitrogens is 3. The molecule has 1 aliphatic carbocycles. The van der Waals surface area contributed by atoms with Gasteiger partial charge in [-0.15, -0.1) is 0 Å². The summed E-state index contributed by atoms with van der Waals surface area (Å²) < 4.78 is 1.65. The highest BCUT2D eigenvalue weighted by molar-refractivity contribution is 6.30. The molecule has 124 valence electrons. The molecule has 0 amide bonds. The van der Waals surface area contributed by atoms with Gasteiger partial charge in [0.2, 0.25) is 0 Å².